The molecule has 1 heterocycles. The number of rotatable bonds is 8. The Morgan fingerprint density at radius 1 is 1.04 bits per heavy atom. The summed E-state index contributed by atoms with van der Waals surface area (Å²) in [5.41, 5.74) is 1.99. The Hall–Kier alpha value is -2.54. The summed E-state index contributed by atoms with van der Waals surface area (Å²) in [4.78, 5) is 0. The number of halogens is 2. The molecular formula is C21H23F2NO4. The van der Waals surface area contributed by atoms with Gasteiger partial charge in [-0.1, -0.05) is 12.1 Å². The second-order valence-corrected chi connectivity index (χ2v) is 6.96. The zero-order chi connectivity index (χ0) is 19.5. The van der Waals surface area contributed by atoms with Crippen LogP contribution in [0.25, 0.3) is 0 Å². The monoisotopic (exact) mass is 391 g/mol. The molecule has 150 valence electrons. The lowest BCUT2D eigenvalue weighted by molar-refractivity contribution is -0.0512. The Morgan fingerprint density at radius 2 is 1.82 bits per heavy atom. The minimum atomic E-state index is -2.89. The standard InChI is InChI=1S/C21H23F2NO4/c1-25-16-6-2-13(10-19(16)28-21(22)23)12-24-20(14-3-4-14)15-5-7-17-18(11-15)27-9-8-26-17/h2,5-7,10-11,14,20-21,24H,3-4,8-9,12H2,1H3. The van der Waals surface area contributed by atoms with Crippen molar-refractivity contribution in [3.63, 3.8) is 0 Å². The van der Waals surface area contributed by atoms with Gasteiger partial charge in [0.2, 0.25) is 0 Å². The van der Waals surface area contributed by atoms with Crippen molar-refractivity contribution in [1.82, 2.24) is 5.32 Å². The molecule has 1 aliphatic carbocycles. The molecule has 1 atom stereocenters. The van der Waals surface area contributed by atoms with Crippen LogP contribution in [-0.2, 0) is 6.54 Å². The van der Waals surface area contributed by atoms with Gasteiger partial charge in [-0.15, -0.1) is 0 Å². The van der Waals surface area contributed by atoms with Gasteiger partial charge in [0, 0.05) is 12.6 Å². The Bertz CT molecular complexity index is 826. The van der Waals surface area contributed by atoms with E-state index >= 15 is 0 Å². The van der Waals surface area contributed by atoms with Crippen molar-refractivity contribution >= 4 is 0 Å². The highest BCUT2D eigenvalue weighted by molar-refractivity contribution is 5.45. The van der Waals surface area contributed by atoms with Crippen LogP contribution in [0.15, 0.2) is 36.4 Å². The van der Waals surface area contributed by atoms with Gasteiger partial charge < -0.3 is 24.3 Å². The molecule has 1 saturated carbocycles. The normalized spacial score (nSPS) is 16.7. The summed E-state index contributed by atoms with van der Waals surface area (Å²) in [6.07, 6.45) is 2.32. The number of methoxy groups -OCH3 is 1. The molecule has 2 aromatic rings. The lowest BCUT2D eigenvalue weighted by Crippen LogP contribution is -2.23. The van der Waals surface area contributed by atoms with E-state index in [0.717, 1.165) is 35.5 Å². The van der Waals surface area contributed by atoms with E-state index in [1.165, 1.54) is 7.11 Å². The van der Waals surface area contributed by atoms with E-state index in [4.69, 9.17) is 14.2 Å². The predicted octanol–water partition coefficient (Wildman–Crippen LogP) is 4.31. The van der Waals surface area contributed by atoms with Crippen LogP contribution in [0.4, 0.5) is 8.78 Å². The SMILES string of the molecule is COc1ccc(CNC(c2ccc3c(c2)OCCO3)C2CC2)cc1OC(F)F. The van der Waals surface area contributed by atoms with Gasteiger partial charge in [-0.2, -0.15) is 8.78 Å². The molecule has 0 spiro atoms. The lowest BCUT2D eigenvalue weighted by Gasteiger charge is -2.23. The summed E-state index contributed by atoms with van der Waals surface area (Å²) in [5.74, 6) is 2.42. The Balaban J connectivity index is 1.49. The number of alkyl halides is 2. The number of benzene rings is 2. The third-order valence-electron chi connectivity index (χ3n) is 4.99. The highest BCUT2D eigenvalue weighted by Gasteiger charge is 2.32. The molecule has 1 fully saturated rings. The predicted molar refractivity (Wildman–Crippen MR) is 99.4 cm³/mol. The molecule has 0 saturated heterocycles. The van der Waals surface area contributed by atoms with Gasteiger partial charge in [-0.05, 0) is 54.2 Å². The molecule has 1 aliphatic heterocycles. The van der Waals surface area contributed by atoms with Gasteiger partial charge in [0.05, 0.1) is 7.11 Å². The van der Waals surface area contributed by atoms with Crippen molar-refractivity contribution < 1.29 is 27.7 Å². The van der Waals surface area contributed by atoms with E-state index in [1.54, 1.807) is 12.1 Å². The average Bonchev–Trinajstić information content (AvgIpc) is 3.53. The average molecular weight is 391 g/mol. The van der Waals surface area contributed by atoms with Crippen LogP contribution in [0.3, 0.4) is 0 Å². The summed E-state index contributed by atoms with van der Waals surface area (Å²) in [6.45, 7) is -1.25. The first-order valence-corrected chi connectivity index (χ1v) is 9.38. The largest absolute Gasteiger partial charge is 0.493 e. The van der Waals surface area contributed by atoms with Gasteiger partial charge in [-0.3, -0.25) is 0 Å². The maximum Gasteiger partial charge on any atom is 0.387 e. The van der Waals surface area contributed by atoms with Crippen molar-refractivity contribution in [2.75, 3.05) is 20.3 Å². The van der Waals surface area contributed by atoms with Gasteiger partial charge >= 0.3 is 6.61 Å². The first kappa shape index (κ1) is 18.8. The molecule has 0 amide bonds. The van der Waals surface area contributed by atoms with E-state index in [1.807, 2.05) is 18.2 Å². The van der Waals surface area contributed by atoms with E-state index in [0.29, 0.717) is 25.7 Å². The topological polar surface area (TPSA) is 49.0 Å². The van der Waals surface area contributed by atoms with Crippen LogP contribution in [0, 0.1) is 5.92 Å². The number of hydrogen-bond acceptors (Lipinski definition) is 5. The first-order valence-electron chi connectivity index (χ1n) is 9.38. The number of nitrogens with one attached hydrogen (secondary N) is 1. The third kappa shape index (κ3) is 4.30. The second-order valence-electron chi connectivity index (χ2n) is 6.96. The van der Waals surface area contributed by atoms with Crippen molar-refractivity contribution in [2.45, 2.75) is 32.0 Å². The molecule has 1 N–H and O–H groups in total. The molecule has 5 nitrogen and oxygen atoms in total. The molecular weight excluding hydrogens is 368 g/mol. The fourth-order valence-corrected chi connectivity index (χ4v) is 3.49. The molecule has 2 aromatic carbocycles. The van der Waals surface area contributed by atoms with Crippen LogP contribution in [0.5, 0.6) is 23.0 Å². The zero-order valence-corrected chi connectivity index (χ0v) is 15.6. The maximum absolute atomic E-state index is 12.6. The van der Waals surface area contributed by atoms with Gasteiger partial charge in [-0.25, -0.2) is 0 Å². The molecule has 28 heavy (non-hydrogen) atoms. The fraction of sp³-hybridized carbons (Fsp3) is 0.429. The summed E-state index contributed by atoms with van der Waals surface area (Å²) in [5, 5.41) is 3.56. The van der Waals surface area contributed by atoms with Crippen molar-refractivity contribution in [3.8, 4) is 23.0 Å². The van der Waals surface area contributed by atoms with Crippen LogP contribution >= 0.6 is 0 Å². The number of hydrogen-bond donors (Lipinski definition) is 1. The highest BCUT2D eigenvalue weighted by Crippen LogP contribution is 2.43. The van der Waals surface area contributed by atoms with Crippen molar-refractivity contribution in [1.29, 1.82) is 0 Å². The number of fused-ring (bicyclic) bond motifs is 1. The minimum Gasteiger partial charge on any atom is -0.493 e. The first-order chi connectivity index (χ1) is 13.6. The molecule has 4 rings (SSSR count). The molecule has 2 aliphatic rings. The summed E-state index contributed by atoms with van der Waals surface area (Å²) < 4.78 is 46.2. The van der Waals surface area contributed by atoms with E-state index in [2.05, 4.69) is 16.1 Å². The van der Waals surface area contributed by atoms with Crippen LogP contribution in [0.1, 0.15) is 30.0 Å². The fourth-order valence-electron chi connectivity index (χ4n) is 3.49. The summed E-state index contributed by atoms with van der Waals surface area (Å²) >= 11 is 0. The lowest BCUT2D eigenvalue weighted by atomic mass is 10.0. The second kappa shape index (κ2) is 8.22. The Morgan fingerprint density at radius 3 is 2.54 bits per heavy atom. The minimum absolute atomic E-state index is 0.0408. The van der Waals surface area contributed by atoms with Gasteiger partial charge in [0.1, 0.15) is 13.2 Å². The smallest absolute Gasteiger partial charge is 0.387 e. The molecule has 0 bridgehead atoms. The zero-order valence-electron chi connectivity index (χ0n) is 15.6. The number of ether oxygens (including phenoxy) is 4. The third-order valence-corrected chi connectivity index (χ3v) is 4.99. The van der Waals surface area contributed by atoms with Crippen molar-refractivity contribution in [2.24, 2.45) is 5.92 Å². The quantitative estimate of drug-likeness (QED) is 0.727. The molecule has 1 unspecified atom stereocenters. The Kier molecular flexibility index (Phi) is 5.52. The van der Waals surface area contributed by atoms with E-state index in [9.17, 15) is 8.78 Å². The van der Waals surface area contributed by atoms with Crippen LogP contribution < -0.4 is 24.3 Å². The maximum atomic E-state index is 12.6. The van der Waals surface area contributed by atoms with Crippen LogP contribution in [0.2, 0.25) is 0 Å². The molecule has 0 aromatic heterocycles. The highest BCUT2D eigenvalue weighted by atomic mass is 19.3. The van der Waals surface area contributed by atoms with E-state index in [-0.39, 0.29) is 17.5 Å². The van der Waals surface area contributed by atoms with E-state index < -0.39 is 6.61 Å². The summed E-state index contributed by atoms with van der Waals surface area (Å²) in [6, 6.07) is 11.3. The van der Waals surface area contributed by atoms with Gasteiger partial charge in [0.25, 0.3) is 0 Å². The van der Waals surface area contributed by atoms with Crippen molar-refractivity contribution in [3.05, 3.63) is 47.5 Å². The Labute approximate surface area is 162 Å². The van der Waals surface area contributed by atoms with Gasteiger partial charge in [0.15, 0.2) is 23.0 Å². The van der Waals surface area contributed by atoms with Crippen LogP contribution in [-0.4, -0.2) is 26.9 Å². The molecule has 0 radical (unpaired) electrons. The summed E-state index contributed by atoms with van der Waals surface area (Å²) in [7, 11) is 1.43. The molecule has 7 heteroatoms.